The number of aromatic nitrogens is 2. The van der Waals surface area contributed by atoms with Crippen molar-refractivity contribution in [3.63, 3.8) is 0 Å². The van der Waals surface area contributed by atoms with Crippen molar-refractivity contribution >= 4 is 33.4 Å². The van der Waals surface area contributed by atoms with Crippen molar-refractivity contribution in [1.29, 1.82) is 0 Å². The van der Waals surface area contributed by atoms with Crippen molar-refractivity contribution in [2.75, 3.05) is 6.54 Å². The fourth-order valence-electron chi connectivity index (χ4n) is 2.88. The van der Waals surface area contributed by atoms with E-state index in [1.54, 1.807) is 13.0 Å². The highest BCUT2D eigenvalue weighted by Crippen LogP contribution is 2.36. The van der Waals surface area contributed by atoms with Gasteiger partial charge >= 0.3 is 5.97 Å². The van der Waals surface area contributed by atoms with E-state index in [1.807, 2.05) is 49.0 Å². The Kier molecular flexibility index (Phi) is 5.41. The van der Waals surface area contributed by atoms with Gasteiger partial charge in [-0.1, -0.05) is 6.08 Å². The predicted octanol–water partition coefficient (Wildman–Crippen LogP) is 3.55. The number of aryl methyl sites for hydroxylation is 2. The van der Waals surface area contributed by atoms with E-state index in [2.05, 4.69) is 16.9 Å². The Bertz CT molecular complexity index is 1010. The lowest BCUT2D eigenvalue weighted by atomic mass is 10.1. The van der Waals surface area contributed by atoms with Crippen LogP contribution in [0.1, 0.15) is 27.9 Å². The molecule has 0 fully saturated rings. The van der Waals surface area contributed by atoms with E-state index in [-0.39, 0.29) is 5.91 Å². The van der Waals surface area contributed by atoms with Crippen LogP contribution in [0, 0.1) is 13.8 Å². The van der Waals surface area contributed by atoms with Crippen LogP contribution in [0.3, 0.4) is 0 Å². The van der Waals surface area contributed by atoms with Gasteiger partial charge in [-0.3, -0.25) is 4.79 Å². The zero-order valence-corrected chi connectivity index (χ0v) is 16.3. The van der Waals surface area contributed by atoms with E-state index >= 15 is 0 Å². The summed E-state index contributed by atoms with van der Waals surface area (Å²) in [6.45, 7) is 9.34. The Labute approximate surface area is 161 Å². The molecule has 27 heavy (non-hydrogen) atoms. The highest BCUT2D eigenvalue weighted by molar-refractivity contribution is 7.21. The largest absolute Gasteiger partial charge is 0.448 e. The number of amides is 1. The fourth-order valence-corrected chi connectivity index (χ4v) is 4.05. The normalized spacial score (nSPS) is 12.0. The van der Waals surface area contributed by atoms with Crippen LogP contribution >= 0.6 is 11.3 Å². The number of esters is 1. The van der Waals surface area contributed by atoms with Crippen LogP contribution < -0.4 is 5.32 Å². The number of carbonyl (C=O) groups excluding carboxylic acids is 2. The second kappa shape index (κ2) is 7.75. The van der Waals surface area contributed by atoms with Crippen molar-refractivity contribution in [1.82, 2.24) is 14.9 Å². The number of hydrogen-bond acceptors (Lipinski definition) is 5. The molecule has 1 unspecified atom stereocenters. The number of nitrogens with one attached hydrogen (secondary N) is 1. The molecule has 1 N–H and O–H groups in total. The fraction of sp³-hybridized carbons (Fsp3) is 0.250. The molecule has 1 amide bonds. The van der Waals surface area contributed by atoms with Crippen molar-refractivity contribution in [2.24, 2.45) is 0 Å². The van der Waals surface area contributed by atoms with Gasteiger partial charge in [-0.05, 0) is 44.5 Å². The Balaban J connectivity index is 2.02. The predicted molar refractivity (Wildman–Crippen MR) is 107 cm³/mol. The summed E-state index contributed by atoms with van der Waals surface area (Å²) in [4.78, 5) is 30.6. The summed E-state index contributed by atoms with van der Waals surface area (Å²) in [5.41, 5.74) is 2.65. The summed E-state index contributed by atoms with van der Waals surface area (Å²) < 4.78 is 7.29. The minimum absolute atomic E-state index is 0.320. The topological polar surface area (TPSA) is 73.2 Å². The standard InChI is InChI=1S/C20H21N3O3S/c1-5-8-21-18(24)14(4)26-20(25)17-16(23-9-6-7-10-23)15-12(2)11-13(3)22-19(15)27-17/h5-7,9-11,14H,1,8H2,2-4H3,(H,21,24). The van der Waals surface area contributed by atoms with E-state index in [9.17, 15) is 9.59 Å². The third kappa shape index (κ3) is 3.78. The molecule has 3 heterocycles. The summed E-state index contributed by atoms with van der Waals surface area (Å²) in [7, 11) is 0. The number of ether oxygens (including phenoxy) is 1. The zero-order valence-electron chi connectivity index (χ0n) is 15.5. The quantitative estimate of drug-likeness (QED) is 0.522. The first-order valence-corrected chi connectivity index (χ1v) is 9.37. The third-order valence-corrected chi connectivity index (χ3v) is 5.14. The molecule has 3 aromatic rings. The molecule has 0 aliphatic rings. The van der Waals surface area contributed by atoms with Gasteiger partial charge in [0.1, 0.15) is 9.71 Å². The Morgan fingerprint density at radius 2 is 2.07 bits per heavy atom. The maximum atomic E-state index is 12.9. The number of nitrogens with zero attached hydrogens (tertiary/aromatic N) is 2. The lowest BCUT2D eigenvalue weighted by molar-refractivity contribution is -0.128. The van der Waals surface area contributed by atoms with Crippen LogP contribution in [0.25, 0.3) is 15.9 Å². The minimum Gasteiger partial charge on any atom is -0.448 e. The first-order chi connectivity index (χ1) is 12.9. The van der Waals surface area contributed by atoms with Crippen LogP contribution in [-0.4, -0.2) is 34.1 Å². The first kappa shape index (κ1) is 18.8. The van der Waals surface area contributed by atoms with Gasteiger partial charge in [0.05, 0.1) is 5.69 Å². The molecule has 0 aliphatic heterocycles. The molecule has 1 atom stereocenters. The van der Waals surface area contributed by atoms with Gasteiger partial charge in [-0.25, -0.2) is 9.78 Å². The van der Waals surface area contributed by atoms with Gasteiger partial charge in [-0.2, -0.15) is 0 Å². The van der Waals surface area contributed by atoms with Gasteiger partial charge in [-0.15, -0.1) is 17.9 Å². The summed E-state index contributed by atoms with van der Waals surface area (Å²) in [5.74, 6) is -0.906. The zero-order chi connectivity index (χ0) is 19.6. The lowest BCUT2D eigenvalue weighted by Crippen LogP contribution is -2.35. The highest BCUT2D eigenvalue weighted by Gasteiger charge is 2.26. The maximum absolute atomic E-state index is 12.9. The lowest BCUT2D eigenvalue weighted by Gasteiger charge is -2.13. The number of hydrogen-bond donors (Lipinski definition) is 1. The highest BCUT2D eigenvalue weighted by atomic mass is 32.1. The summed E-state index contributed by atoms with van der Waals surface area (Å²) in [5, 5.41) is 3.54. The monoisotopic (exact) mass is 383 g/mol. The van der Waals surface area contributed by atoms with E-state index in [1.165, 1.54) is 11.3 Å². The van der Waals surface area contributed by atoms with Crippen molar-refractivity contribution in [3.05, 3.63) is 59.4 Å². The maximum Gasteiger partial charge on any atom is 0.351 e. The molecule has 140 valence electrons. The van der Waals surface area contributed by atoms with E-state index < -0.39 is 12.1 Å². The summed E-state index contributed by atoms with van der Waals surface area (Å²) >= 11 is 1.28. The Morgan fingerprint density at radius 3 is 2.74 bits per heavy atom. The smallest absolute Gasteiger partial charge is 0.351 e. The molecule has 7 heteroatoms. The molecular formula is C20H21N3O3S. The van der Waals surface area contributed by atoms with Crippen LogP contribution in [0.2, 0.25) is 0 Å². The molecule has 0 bridgehead atoms. The average molecular weight is 383 g/mol. The van der Waals surface area contributed by atoms with Gasteiger partial charge < -0.3 is 14.6 Å². The van der Waals surface area contributed by atoms with Crippen molar-refractivity contribution in [2.45, 2.75) is 26.9 Å². The Hall–Kier alpha value is -2.93. The number of carbonyl (C=O) groups is 2. The molecule has 0 aromatic carbocycles. The number of fused-ring (bicyclic) bond motifs is 1. The van der Waals surface area contributed by atoms with Gasteiger partial charge in [0, 0.05) is 30.0 Å². The molecule has 3 aromatic heterocycles. The van der Waals surface area contributed by atoms with Gasteiger partial charge in [0.15, 0.2) is 6.10 Å². The molecule has 6 nitrogen and oxygen atoms in total. The number of thiophene rings is 1. The second-order valence-electron chi connectivity index (χ2n) is 6.21. The third-order valence-electron chi connectivity index (χ3n) is 4.08. The van der Waals surface area contributed by atoms with Crippen molar-refractivity contribution < 1.29 is 14.3 Å². The summed E-state index contributed by atoms with van der Waals surface area (Å²) in [6, 6.07) is 5.77. The number of pyridine rings is 1. The first-order valence-electron chi connectivity index (χ1n) is 8.56. The second-order valence-corrected chi connectivity index (χ2v) is 7.21. The molecule has 0 radical (unpaired) electrons. The molecule has 0 aliphatic carbocycles. The van der Waals surface area contributed by atoms with Crippen LogP contribution in [0.4, 0.5) is 0 Å². The molecule has 0 saturated heterocycles. The molecule has 0 spiro atoms. The molecule has 3 rings (SSSR count). The Morgan fingerprint density at radius 1 is 1.37 bits per heavy atom. The van der Waals surface area contributed by atoms with E-state index in [4.69, 9.17) is 4.74 Å². The van der Waals surface area contributed by atoms with Crippen LogP contribution in [0.5, 0.6) is 0 Å². The minimum atomic E-state index is -0.907. The van der Waals surface area contributed by atoms with Crippen molar-refractivity contribution in [3.8, 4) is 5.69 Å². The van der Waals surface area contributed by atoms with E-state index in [0.29, 0.717) is 11.4 Å². The van der Waals surface area contributed by atoms with Crippen LogP contribution in [0.15, 0.2) is 43.2 Å². The van der Waals surface area contributed by atoms with Crippen LogP contribution in [-0.2, 0) is 9.53 Å². The molecular weight excluding hydrogens is 362 g/mol. The average Bonchev–Trinajstić information content (AvgIpc) is 3.26. The van der Waals surface area contributed by atoms with E-state index in [0.717, 1.165) is 27.2 Å². The summed E-state index contributed by atoms with van der Waals surface area (Å²) in [6.07, 6.45) is 4.41. The van der Waals surface area contributed by atoms with Gasteiger partial charge in [0.2, 0.25) is 0 Å². The molecule has 0 saturated carbocycles. The SMILES string of the molecule is C=CCNC(=O)C(C)OC(=O)c1sc2nc(C)cc(C)c2c1-n1cccc1. The van der Waals surface area contributed by atoms with Gasteiger partial charge in [0.25, 0.3) is 5.91 Å². The number of rotatable bonds is 6.